The first-order valence-electron chi connectivity index (χ1n) is 9.49. The van der Waals surface area contributed by atoms with Gasteiger partial charge in [0.2, 0.25) is 0 Å². The summed E-state index contributed by atoms with van der Waals surface area (Å²) in [6, 6.07) is 11.9. The molecule has 1 unspecified atom stereocenters. The van der Waals surface area contributed by atoms with Crippen molar-refractivity contribution in [3.63, 3.8) is 0 Å². The van der Waals surface area contributed by atoms with Gasteiger partial charge in [-0.1, -0.05) is 18.2 Å². The Bertz CT molecular complexity index is 522. The monoisotopic (exact) mass is 330 g/mol. The number of hydrogen-bond donors (Lipinski definition) is 0. The molecule has 0 saturated carbocycles. The SMILES string of the molecule is CN(c1ccccc1)C1COC2(CCN(C3CCOCC3)CC2)C1. The van der Waals surface area contributed by atoms with Gasteiger partial charge in [0.1, 0.15) is 0 Å². The van der Waals surface area contributed by atoms with Crippen molar-refractivity contribution < 1.29 is 9.47 Å². The van der Waals surface area contributed by atoms with Gasteiger partial charge in [0.25, 0.3) is 0 Å². The predicted octanol–water partition coefficient (Wildman–Crippen LogP) is 2.93. The van der Waals surface area contributed by atoms with Crippen LogP contribution in [0.4, 0.5) is 5.69 Å². The second-order valence-electron chi connectivity index (χ2n) is 7.68. The molecule has 0 aliphatic carbocycles. The molecule has 0 amide bonds. The van der Waals surface area contributed by atoms with E-state index < -0.39 is 0 Å². The second kappa shape index (κ2) is 7.03. The van der Waals surface area contributed by atoms with E-state index in [0.29, 0.717) is 6.04 Å². The molecular formula is C20H30N2O2. The number of rotatable bonds is 3. The first-order chi connectivity index (χ1) is 11.8. The van der Waals surface area contributed by atoms with Crippen LogP contribution in [0.3, 0.4) is 0 Å². The number of para-hydroxylation sites is 1. The van der Waals surface area contributed by atoms with Crippen LogP contribution in [-0.2, 0) is 9.47 Å². The van der Waals surface area contributed by atoms with Crippen molar-refractivity contribution >= 4 is 5.69 Å². The smallest absolute Gasteiger partial charge is 0.0728 e. The number of piperidine rings is 1. The van der Waals surface area contributed by atoms with Crippen LogP contribution in [0.1, 0.15) is 32.1 Å². The van der Waals surface area contributed by atoms with Gasteiger partial charge in [-0.3, -0.25) is 4.90 Å². The highest BCUT2D eigenvalue weighted by Gasteiger charge is 2.44. The van der Waals surface area contributed by atoms with E-state index in [1.165, 1.54) is 50.9 Å². The molecule has 3 aliphatic rings. The summed E-state index contributed by atoms with van der Waals surface area (Å²) < 4.78 is 11.9. The van der Waals surface area contributed by atoms with E-state index in [9.17, 15) is 0 Å². The fourth-order valence-electron chi connectivity index (χ4n) is 4.64. The van der Waals surface area contributed by atoms with Gasteiger partial charge in [-0.25, -0.2) is 0 Å². The molecule has 1 atom stereocenters. The molecule has 0 N–H and O–H groups in total. The number of benzene rings is 1. The second-order valence-corrected chi connectivity index (χ2v) is 7.68. The molecule has 1 spiro atoms. The van der Waals surface area contributed by atoms with Crippen LogP contribution >= 0.6 is 0 Å². The summed E-state index contributed by atoms with van der Waals surface area (Å²) in [4.78, 5) is 5.09. The van der Waals surface area contributed by atoms with Crippen molar-refractivity contribution in [2.45, 2.75) is 49.8 Å². The average Bonchev–Trinajstić information content (AvgIpc) is 3.07. The van der Waals surface area contributed by atoms with Gasteiger partial charge in [0.15, 0.2) is 0 Å². The van der Waals surface area contributed by atoms with E-state index in [4.69, 9.17) is 9.47 Å². The number of likely N-dealkylation sites (tertiary alicyclic amines) is 1. The Kier molecular flexibility index (Phi) is 4.79. The summed E-state index contributed by atoms with van der Waals surface area (Å²) in [7, 11) is 2.21. The largest absolute Gasteiger partial charge is 0.381 e. The lowest BCUT2D eigenvalue weighted by atomic mass is 9.86. The van der Waals surface area contributed by atoms with E-state index in [-0.39, 0.29) is 5.60 Å². The standard InChI is InChI=1S/C20H30N2O2/c1-21(17-5-3-2-4-6-17)19-15-20(24-16-19)9-11-22(12-10-20)18-7-13-23-14-8-18/h2-6,18-19H,7-16H2,1H3. The van der Waals surface area contributed by atoms with Gasteiger partial charge in [0, 0.05) is 45.1 Å². The highest BCUT2D eigenvalue weighted by molar-refractivity contribution is 5.46. The molecule has 24 heavy (non-hydrogen) atoms. The highest BCUT2D eigenvalue weighted by atomic mass is 16.5. The van der Waals surface area contributed by atoms with Crippen molar-refractivity contribution in [1.29, 1.82) is 0 Å². The minimum atomic E-state index is 0.120. The summed E-state index contributed by atoms with van der Waals surface area (Å²) in [5.41, 5.74) is 1.41. The summed E-state index contributed by atoms with van der Waals surface area (Å²) in [5.74, 6) is 0. The summed E-state index contributed by atoms with van der Waals surface area (Å²) in [6.07, 6.45) is 5.94. The lowest BCUT2D eigenvalue weighted by molar-refractivity contribution is -0.0612. The van der Waals surface area contributed by atoms with Crippen LogP contribution in [0, 0.1) is 0 Å². The molecule has 3 fully saturated rings. The van der Waals surface area contributed by atoms with Crippen LogP contribution in [0.2, 0.25) is 0 Å². The topological polar surface area (TPSA) is 24.9 Å². The maximum Gasteiger partial charge on any atom is 0.0728 e. The van der Waals surface area contributed by atoms with Crippen molar-refractivity contribution in [2.75, 3.05) is 44.9 Å². The zero-order valence-corrected chi connectivity index (χ0v) is 14.8. The molecule has 4 heteroatoms. The molecule has 3 aliphatic heterocycles. The summed E-state index contributed by atoms with van der Waals surface area (Å²) in [6.45, 7) is 5.11. The zero-order chi connectivity index (χ0) is 16.4. The van der Waals surface area contributed by atoms with Gasteiger partial charge < -0.3 is 14.4 Å². The summed E-state index contributed by atoms with van der Waals surface area (Å²) >= 11 is 0. The van der Waals surface area contributed by atoms with Crippen LogP contribution < -0.4 is 4.90 Å². The average molecular weight is 330 g/mol. The third kappa shape index (κ3) is 3.32. The molecule has 0 bridgehead atoms. The van der Waals surface area contributed by atoms with Gasteiger partial charge in [-0.15, -0.1) is 0 Å². The minimum absolute atomic E-state index is 0.120. The maximum absolute atomic E-state index is 6.38. The molecule has 4 rings (SSSR count). The molecule has 0 radical (unpaired) electrons. The Hall–Kier alpha value is -1.10. The Morgan fingerprint density at radius 3 is 2.50 bits per heavy atom. The summed E-state index contributed by atoms with van der Waals surface area (Å²) in [5, 5.41) is 0. The number of hydrogen-bond acceptors (Lipinski definition) is 4. The van der Waals surface area contributed by atoms with Crippen molar-refractivity contribution in [3.8, 4) is 0 Å². The predicted molar refractivity (Wildman–Crippen MR) is 96.6 cm³/mol. The highest BCUT2D eigenvalue weighted by Crippen LogP contribution is 2.39. The molecule has 0 aromatic heterocycles. The van der Waals surface area contributed by atoms with Crippen molar-refractivity contribution in [1.82, 2.24) is 4.90 Å². The Labute approximate surface area is 145 Å². The number of nitrogens with zero attached hydrogens (tertiary/aromatic N) is 2. The molecule has 132 valence electrons. The van der Waals surface area contributed by atoms with Crippen LogP contribution in [0.5, 0.6) is 0 Å². The molecular weight excluding hydrogens is 300 g/mol. The first kappa shape index (κ1) is 16.4. The van der Waals surface area contributed by atoms with E-state index in [0.717, 1.165) is 25.9 Å². The fourth-order valence-corrected chi connectivity index (χ4v) is 4.64. The van der Waals surface area contributed by atoms with Crippen molar-refractivity contribution in [2.24, 2.45) is 0 Å². The van der Waals surface area contributed by atoms with E-state index in [2.05, 4.69) is 47.2 Å². The third-order valence-corrected chi connectivity index (χ3v) is 6.32. The first-order valence-corrected chi connectivity index (χ1v) is 9.49. The quantitative estimate of drug-likeness (QED) is 0.851. The minimum Gasteiger partial charge on any atom is -0.381 e. The lowest BCUT2D eigenvalue weighted by Gasteiger charge is -2.43. The molecule has 3 saturated heterocycles. The Morgan fingerprint density at radius 1 is 1.08 bits per heavy atom. The molecule has 1 aromatic carbocycles. The molecule has 4 nitrogen and oxygen atoms in total. The maximum atomic E-state index is 6.38. The van der Waals surface area contributed by atoms with Crippen LogP contribution in [0.15, 0.2) is 30.3 Å². The number of anilines is 1. The number of ether oxygens (including phenoxy) is 2. The normalized spacial score (nSPS) is 28.3. The van der Waals surface area contributed by atoms with Crippen LogP contribution in [0.25, 0.3) is 0 Å². The third-order valence-electron chi connectivity index (χ3n) is 6.32. The van der Waals surface area contributed by atoms with E-state index in [1.54, 1.807) is 0 Å². The number of likely N-dealkylation sites (N-methyl/N-ethyl adjacent to an activating group) is 1. The van der Waals surface area contributed by atoms with E-state index >= 15 is 0 Å². The van der Waals surface area contributed by atoms with Gasteiger partial charge in [-0.2, -0.15) is 0 Å². The lowest BCUT2D eigenvalue weighted by Crippen LogP contribution is -2.49. The van der Waals surface area contributed by atoms with Crippen LogP contribution in [-0.4, -0.2) is 62.5 Å². The van der Waals surface area contributed by atoms with E-state index in [1.807, 2.05) is 0 Å². The Morgan fingerprint density at radius 2 is 1.79 bits per heavy atom. The molecule has 1 aromatic rings. The van der Waals surface area contributed by atoms with Gasteiger partial charge in [-0.05, 0) is 44.2 Å². The van der Waals surface area contributed by atoms with Crippen molar-refractivity contribution in [3.05, 3.63) is 30.3 Å². The zero-order valence-electron chi connectivity index (χ0n) is 14.8. The molecule has 3 heterocycles. The fraction of sp³-hybridized carbons (Fsp3) is 0.700. The van der Waals surface area contributed by atoms with Gasteiger partial charge in [0.05, 0.1) is 18.2 Å². The van der Waals surface area contributed by atoms with Gasteiger partial charge >= 0.3 is 0 Å². The Balaban J connectivity index is 1.33.